The lowest BCUT2D eigenvalue weighted by Gasteiger charge is -2.32. The molecule has 2 aromatic rings. The first-order valence-corrected chi connectivity index (χ1v) is 9.99. The molecule has 2 amide bonds. The number of rotatable bonds is 7. The molecule has 0 atom stereocenters. The lowest BCUT2D eigenvalue weighted by Crippen LogP contribution is -2.36. The topological polar surface area (TPSA) is 122 Å². The van der Waals surface area contributed by atoms with Gasteiger partial charge >= 0.3 is 12.3 Å². The fraction of sp³-hybridized carbons (Fsp3) is 0.526. The average molecular weight is 456 g/mol. The Bertz CT molecular complexity index is 928. The molecule has 0 unspecified atom stereocenters. The molecule has 0 aromatic carbocycles. The number of nitrogens with zero attached hydrogens (tertiary/aromatic N) is 4. The number of alkyl halides is 3. The summed E-state index contributed by atoms with van der Waals surface area (Å²) in [4.78, 5) is 32.5. The standard InChI is InChI=1S/C19H23F3N6O4/c1-23-16(29)14-10-13(32-27-14)11-31-18(30)25-6-2-12-4-8-28(9-5-12)17-24-7-3-15(26-17)19(20,21)22/h3,7,10,12H,2,4-6,8-9,11H2,1H3,(H,23,29)(H,25,30). The fourth-order valence-corrected chi connectivity index (χ4v) is 3.26. The van der Waals surface area contributed by atoms with Crippen LogP contribution in [0.1, 0.15) is 41.2 Å². The van der Waals surface area contributed by atoms with E-state index in [9.17, 15) is 22.8 Å². The number of amides is 2. The van der Waals surface area contributed by atoms with Crippen LogP contribution in [0.3, 0.4) is 0 Å². The van der Waals surface area contributed by atoms with Gasteiger partial charge in [-0.3, -0.25) is 4.79 Å². The quantitative estimate of drug-likeness (QED) is 0.651. The summed E-state index contributed by atoms with van der Waals surface area (Å²) < 4.78 is 48.4. The molecule has 3 rings (SSSR count). The number of piperidine rings is 1. The summed E-state index contributed by atoms with van der Waals surface area (Å²) in [6, 6.07) is 2.23. The average Bonchev–Trinajstić information content (AvgIpc) is 3.26. The number of aromatic nitrogens is 3. The van der Waals surface area contributed by atoms with Crippen LogP contribution in [0.5, 0.6) is 0 Å². The summed E-state index contributed by atoms with van der Waals surface area (Å²) >= 11 is 0. The van der Waals surface area contributed by atoms with Crippen molar-refractivity contribution in [2.75, 3.05) is 31.6 Å². The Kier molecular flexibility index (Phi) is 7.49. The van der Waals surface area contributed by atoms with Crippen LogP contribution < -0.4 is 15.5 Å². The summed E-state index contributed by atoms with van der Waals surface area (Å²) in [5.74, 6) is 0.215. The van der Waals surface area contributed by atoms with E-state index in [-0.39, 0.29) is 24.0 Å². The van der Waals surface area contributed by atoms with Crippen molar-refractivity contribution in [2.24, 2.45) is 5.92 Å². The molecule has 0 aliphatic carbocycles. The monoisotopic (exact) mass is 456 g/mol. The van der Waals surface area contributed by atoms with Gasteiger partial charge in [0, 0.05) is 38.9 Å². The molecule has 2 N–H and O–H groups in total. The predicted molar refractivity (Wildman–Crippen MR) is 105 cm³/mol. The molecular formula is C19H23F3N6O4. The summed E-state index contributed by atoms with van der Waals surface area (Å²) in [6.07, 6.45) is -1.82. The van der Waals surface area contributed by atoms with E-state index in [0.29, 0.717) is 32.0 Å². The van der Waals surface area contributed by atoms with Gasteiger partial charge in [-0.25, -0.2) is 14.8 Å². The van der Waals surface area contributed by atoms with Crippen molar-refractivity contribution in [3.05, 3.63) is 35.5 Å². The number of hydrogen-bond donors (Lipinski definition) is 2. The van der Waals surface area contributed by atoms with E-state index < -0.39 is 23.9 Å². The number of halogens is 3. The van der Waals surface area contributed by atoms with Crippen LogP contribution >= 0.6 is 0 Å². The second kappa shape index (κ2) is 10.3. The maximum Gasteiger partial charge on any atom is 0.433 e. The molecule has 32 heavy (non-hydrogen) atoms. The number of alkyl carbamates (subject to hydrolysis) is 1. The highest BCUT2D eigenvalue weighted by molar-refractivity contribution is 5.91. The van der Waals surface area contributed by atoms with Crippen molar-refractivity contribution in [2.45, 2.75) is 32.0 Å². The molecule has 0 bridgehead atoms. The maximum atomic E-state index is 12.8. The van der Waals surface area contributed by atoms with Gasteiger partial charge in [0.05, 0.1) is 0 Å². The zero-order chi connectivity index (χ0) is 23.1. The first kappa shape index (κ1) is 23.3. The van der Waals surface area contributed by atoms with E-state index in [4.69, 9.17) is 9.26 Å². The molecule has 0 spiro atoms. The van der Waals surface area contributed by atoms with Gasteiger partial charge < -0.3 is 24.8 Å². The van der Waals surface area contributed by atoms with Crippen molar-refractivity contribution >= 4 is 17.9 Å². The SMILES string of the molecule is CNC(=O)c1cc(COC(=O)NCCC2CCN(c3nccc(C(F)(F)F)n3)CC2)on1. The van der Waals surface area contributed by atoms with Crippen LogP contribution in [-0.2, 0) is 17.5 Å². The van der Waals surface area contributed by atoms with Gasteiger partial charge in [-0.05, 0) is 31.2 Å². The summed E-state index contributed by atoms with van der Waals surface area (Å²) in [7, 11) is 1.46. The van der Waals surface area contributed by atoms with E-state index in [1.807, 2.05) is 0 Å². The predicted octanol–water partition coefficient (Wildman–Crippen LogP) is 2.38. The highest BCUT2D eigenvalue weighted by Gasteiger charge is 2.33. The summed E-state index contributed by atoms with van der Waals surface area (Å²) in [5, 5.41) is 8.61. The molecule has 2 aromatic heterocycles. The van der Waals surface area contributed by atoms with Crippen molar-refractivity contribution in [1.29, 1.82) is 0 Å². The van der Waals surface area contributed by atoms with Gasteiger partial charge in [0.2, 0.25) is 5.95 Å². The largest absolute Gasteiger partial charge is 0.441 e. The minimum atomic E-state index is -4.50. The van der Waals surface area contributed by atoms with Crippen LogP contribution in [0.15, 0.2) is 22.9 Å². The number of nitrogens with one attached hydrogen (secondary N) is 2. The molecule has 13 heteroatoms. The molecule has 174 valence electrons. The molecule has 3 heterocycles. The first-order chi connectivity index (χ1) is 15.3. The normalized spacial score (nSPS) is 14.8. The third kappa shape index (κ3) is 6.31. The highest BCUT2D eigenvalue weighted by Crippen LogP contribution is 2.29. The molecule has 0 saturated carbocycles. The van der Waals surface area contributed by atoms with Gasteiger partial charge in [0.1, 0.15) is 5.69 Å². The third-order valence-corrected chi connectivity index (χ3v) is 5.02. The van der Waals surface area contributed by atoms with Gasteiger partial charge in [-0.2, -0.15) is 13.2 Å². The van der Waals surface area contributed by atoms with Crippen molar-refractivity contribution in [1.82, 2.24) is 25.8 Å². The molecule has 1 saturated heterocycles. The van der Waals surface area contributed by atoms with Crippen molar-refractivity contribution < 1.29 is 32.0 Å². The Morgan fingerprint density at radius 2 is 2.06 bits per heavy atom. The number of hydrogen-bond acceptors (Lipinski definition) is 8. The zero-order valence-corrected chi connectivity index (χ0v) is 17.3. The number of carbonyl (C=O) groups is 2. The second-order valence-electron chi connectivity index (χ2n) is 7.22. The molecule has 1 aliphatic heterocycles. The van der Waals surface area contributed by atoms with Crippen LogP contribution in [0.4, 0.5) is 23.9 Å². The first-order valence-electron chi connectivity index (χ1n) is 9.99. The third-order valence-electron chi connectivity index (χ3n) is 5.02. The fourth-order valence-electron chi connectivity index (χ4n) is 3.26. The van der Waals surface area contributed by atoms with Gasteiger partial charge in [-0.15, -0.1) is 0 Å². The second-order valence-corrected chi connectivity index (χ2v) is 7.22. The molecule has 1 aliphatic rings. The van der Waals surface area contributed by atoms with Crippen LogP contribution in [-0.4, -0.2) is 53.8 Å². The van der Waals surface area contributed by atoms with Crippen molar-refractivity contribution in [3.8, 4) is 0 Å². The van der Waals surface area contributed by atoms with Crippen LogP contribution in [0, 0.1) is 5.92 Å². The van der Waals surface area contributed by atoms with Crippen molar-refractivity contribution in [3.63, 3.8) is 0 Å². The Morgan fingerprint density at radius 3 is 2.75 bits per heavy atom. The van der Waals surface area contributed by atoms with E-state index in [1.54, 1.807) is 4.90 Å². The minimum absolute atomic E-state index is 0.0759. The Balaban J connectivity index is 1.35. The van der Waals surface area contributed by atoms with E-state index in [0.717, 1.165) is 25.1 Å². The van der Waals surface area contributed by atoms with E-state index >= 15 is 0 Å². The lowest BCUT2D eigenvalue weighted by atomic mass is 9.94. The maximum absolute atomic E-state index is 12.8. The van der Waals surface area contributed by atoms with Gasteiger partial charge in [0.25, 0.3) is 5.91 Å². The van der Waals surface area contributed by atoms with Gasteiger partial charge in [0.15, 0.2) is 18.1 Å². The minimum Gasteiger partial charge on any atom is -0.441 e. The highest BCUT2D eigenvalue weighted by atomic mass is 19.4. The molecule has 10 nitrogen and oxygen atoms in total. The Morgan fingerprint density at radius 1 is 1.31 bits per heavy atom. The zero-order valence-electron chi connectivity index (χ0n) is 17.3. The molecular weight excluding hydrogens is 433 g/mol. The molecule has 1 fully saturated rings. The number of anilines is 1. The molecule has 0 radical (unpaired) electrons. The number of ether oxygens (including phenoxy) is 1. The number of carbonyl (C=O) groups excluding carboxylic acids is 2. The smallest absolute Gasteiger partial charge is 0.433 e. The van der Waals surface area contributed by atoms with E-state index in [1.165, 1.54) is 13.1 Å². The van der Waals surface area contributed by atoms with Crippen LogP contribution in [0.2, 0.25) is 0 Å². The summed E-state index contributed by atoms with van der Waals surface area (Å²) in [5.41, 5.74) is -0.865. The van der Waals surface area contributed by atoms with Crippen LogP contribution in [0.25, 0.3) is 0 Å². The van der Waals surface area contributed by atoms with Gasteiger partial charge in [-0.1, -0.05) is 5.16 Å². The van der Waals surface area contributed by atoms with E-state index in [2.05, 4.69) is 25.8 Å². The Hall–Kier alpha value is -3.38. The lowest BCUT2D eigenvalue weighted by molar-refractivity contribution is -0.141. The Labute approximate surface area is 181 Å². The summed E-state index contributed by atoms with van der Waals surface area (Å²) in [6.45, 7) is 1.31.